The number of hydrogen-bond acceptors (Lipinski definition) is 3. The molecule has 24 heavy (non-hydrogen) atoms. The summed E-state index contributed by atoms with van der Waals surface area (Å²) in [5.41, 5.74) is 1.42. The fourth-order valence-corrected chi connectivity index (χ4v) is 3.35. The molecule has 0 saturated carbocycles. The van der Waals surface area contributed by atoms with Crippen LogP contribution in [0.25, 0.3) is 5.69 Å². The minimum Gasteiger partial charge on any atom is -0.241 e. The second-order valence-corrected chi connectivity index (χ2v) is 7.16. The van der Waals surface area contributed by atoms with Crippen molar-refractivity contribution in [2.75, 3.05) is 0 Å². The Hall–Kier alpha value is -2.22. The lowest BCUT2D eigenvalue weighted by Gasteiger charge is -2.06. The first-order valence-electron chi connectivity index (χ1n) is 7.00. The molecule has 8 heteroatoms. The molecule has 3 aromatic rings. The normalized spacial score (nSPS) is 11.6. The first-order valence-corrected chi connectivity index (χ1v) is 8.86. The molecule has 0 radical (unpaired) electrons. The number of aromatic nitrogens is 2. The first kappa shape index (κ1) is 16.6. The van der Waals surface area contributed by atoms with Gasteiger partial charge in [-0.1, -0.05) is 29.8 Å². The van der Waals surface area contributed by atoms with Crippen molar-refractivity contribution in [3.63, 3.8) is 0 Å². The number of rotatable bonds is 5. The Morgan fingerprint density at radius 1 is 1.12 bits per heavy atom. The monoisotopic (exact) mass is 365 g/mol. The fraction of sp³-hybridized carbons (Fsp3) is 0.0625. The maximum Gasteiger partial charge on any atom is 0.240 e. The van der Waals surface area contributed by atoms with Crippen molar-refractivity contribution < 1.29 is 12.8 Å². The molecule has 1 N–H and O–H groups in total. The lowest BCUT2D eigenvalue weighted by Crippen LogP contribution is -2.23. The van der Waals surface area contributed by atoms with E-state index in [-0.39, 0.29) is 16.5 Å². The molecule has 0 aliphatic carbocycles. The van der Waals surface area contributed by atoms with Crippen LogP contribution >= 0.6 is 11.6 Å². The highest BCUT2D eigenvalue weighted by molar-refractivity contribution is 7.89. The number of nitrogens with one attached hydrogen (secondary N) is 1. The zero-order valence-corrected chi connectivity index (χ0v) is 13.9. The molecular weight excluding hydrogens is 353 g/mol. The van der Waals surface area contributed by atoms with E-state index >= 15 is 0 Å². The van der Waals surface area contributed by atoms with Crippen LogP contribution in [-0.4, -0.2) is 18.2 Å². The van der Waals surface area contributed by atoms with Gasteiger partial charge in [-0.3, -0.25) is 0 Å². The molecule has 0 bridgehead atoms. The summed E-state index contributed by atoms with van der Waals surface area (Å²) in [6.07, 6.45) is 1.74. The summed E-state index contributed by atoms with van der Waals surface area (Å²) in [6, 6.07) is 14.4. The molecular formula is C16H13ClFN3O2S. The lowest BCUT2D eigenvalue weighted by atomic mass is 10.3. The second kappa shape index (κ2) is 6.72. The number of sulfonamides is 1. The van der Waals surface area contributed by atoms with E-state index in [1.165, 1.54) is 0 Å². The topological polar surface area (TPSA) is 64.0 Å². The fourth-order valence-electron chi connectivity index (χ4n) is 2.08. The maximum absolute atomic E-state index is 13.1. The Morgan fingerprint density at radius 2 is 1.88 bits per heavy atom. The van der Waals surface area contributed by atoms with Crippen LogP contribution in [-0.2, 0) is 16.6 Å². The van der Waals surface area contributed by atoms with Crippen molar-refractivity contribution in [2.24, 2.45) is 0 Å². The van der Waals surface area contributed by atoms with Crippen molar-refractivity contribution in [3.05, 3.63) is 77.3 Å². The van der Waals surface area contributed by atoms with Crippen LogP contribution in [0.15, 0.2) is 65.7 Å². The third kappa shape index (κ3) is 3.64. The number of halogens is 2. The van der Waals surface area contributed by atoms with Gasteiger partial charge >= 0.3 is 0 Å². The highest BCUT2D eigenvalue weighted by Gasteiger charge is 2.16. The molecule has 1 heterocycles. The summed E-state index contributed by atoms with van der Waals surface area (Å²) in [7, 11) is -3.80. The lowest BCUT2D eigenvalue weighted by molar-refractivity contribution is 0.579. The zero-order valence-electron chi connectivity index (χ0n) is 12.4. The number of para-hydroxylation sites is 1. The van der Waals surface area contributed by atoms with Crippen molar-refractivity contribution >= 4 is 21.6 Å². The van der Waals surface area contributed by atoms with Crippen LogP contribution in [0.1, 0.15) is 5.69 Å². The molecule has 0 unspecified atom stereocenters. The number of nitrogens with zero attached hydrogens (tertiary/aromatic N) is 2. The van der Waals surface area contributed by atoms with E-state index in [0.717, 1.165) is 23.9 Å². The molecule has 0 atom stereocenters. The molecule has 2 aromatic carbocycles. The Labute approximate surface area is 143 Å². The Bertz CT molecular complexity index is 958. The number of benzene rings is 2. The predicted molar refractivity (Wildman–Crippen MR) is 89.0 cm³/mol. The van der Waals surface area contributed by atoms with E-state index in [4.69, 9.17) is 11.6 Å². The van der Waals surface area contributed by atoms with Crippen molar-refractivity contribution in [1.82, 2.24) is 14.5 Å². The molecule has 0 aliphatic heterocycles. The maximum atomic E-state index is 13.1. The Balaban J connectivity index is 1.73. The van der Waals surface area contributed by atoms with Gasteiger partial charge in [-0.05, 0) is 36.4 Å². The van der Waals surface area contributed by atoms with E-state index in [1.807, 2.05) is 30.3 Å². The summed E-state index contributed by atoms with van der Waals surface area (Å²) in [6.45, 7) is 0.0111. The van der Waals surface area contributed by atoms with Crippen molar-refractivity contribution in [3.8, 4) is 5.69 Å². The van der Waals surface area contributed by atoms with E-state index in [1.54, 1.807) is 16.9 Å². The van der Waals surface area contributed by atoms with E-state index in [2.05, 4.69) is 9.82 Å². The minimum atomic E-state index is -3.80. The van der Waals surface area contributed by atoms with Gasteiger partial charge < -0.3 is 0 Å². The molecule has 0 amide bonds. The van der Waals surface area contributed by atoms with Crippen LogP contribution in [0.3, 0.4) is 0 Å². The smallest absolute Gasteiger partial charge is 0.240 e. The predicted octanol–water partition coefficient (Wildman–Crippen LogP) is 3.14. The minimum absolute atomic E-state index is 0.0111. The number of hydrogen-bond donors (Lipinski definition) is 1. The van der Waals surface area contributed by atoms with E-state index < -0.39 is 15.8 Å². The summed E-state index contributed by atoms with van der Waals surface area (Å²) >= 11 is 5.63. The van der Waals surface area contributed by atoms with Gasteiger partial charge in [0, 0.05) is 6.20 Å². The third-order valence-corrected chi connectivity index (χ3v) is 5.00. The SMILES string of the molecule is O=S(=O)(NCc1ccn(-c2ccccc2)n1)c1ccc(F)c(Cl)c1. The van der Waals surface area contributed by atoms with Crippen molar-refractivity contribution in [1.29, 1.82) is 0 Å². The van der Waals surface area contributed by atoms with Crippen LogP contribution in [0.2, 0.25) is 5.02 Å². The molecule has 3 rings (SSSR count). The van der Waals surface area contributed by atoms with Gasteiger partial charge in [-0.2, -0.15) is 5.10 Å². The average Bonchev–Trinajstić information content (AvgIpc) is 3.05. The molecule has 124 valence electrons. The van der Waals surface area contributed by atoms with Gasteiger partial charge in [0.1, 0.15) is 5.82 Å². The molecule has 0 spiro atoms. The summed E-state index contributed by atoms with van der Waals surface area (Å²) < 4.78 is 41.6. The standard InChI is InChI=1S/C16H13ClFN3O2S/c17-15-10-14(6-7-16(15)18)24(22,23)19-11-12-8-9-21(20-12)13-4-2-1-3-5-13/h1-10,19H,11H2. The summed E-state index contributed by atoms with van der Waals surface area (Å²) in [5.74, 6) is -0.669. The van der Waals surface area contributed by atoms with E-state index in [0.29, 0.717) is 5.69 Å². The zero-order chi connectivity index (χ0) is 17.2. The Kier molecular flexibility index (Phi) is 4.66. The van der Waals surface area contributed by atoms with Crippen LogP contribution in [0.4, 0.5) is 4.39 Å². The average molecular weight is 366 g/mol. The largest absolute Gasteiger partial charge is 0.241 e. The van der Waals surface area contributed by atoms with E-state index in [9.17, 15) is 12.8 Å². The van der Waals surface area contributed by atoms with Gasteiger partial charge in [-0.15, -0.1) is 0 Å². The quantitative estimate of drug-likeness (QED) is 0.755. The first-order chi connectivity index (χ1) is 11.5. The molecule has 0 fully saturated rings. The highest BCUT2D eigenvalue weighted by Crippen LogP contribution is 2.19. The van der Waals surface area contributed by atoms with Crippen LogP contribution < -0.4 is 4.72 Å². The highest BCUT2D eigenvalue weighted by atomic mass is 35.5. The van der Waals surface area contributed by atoms with Gasteiger partial charge in [0.2, 0.25) is 10.0 Å². The van der Waals surface area contributed by atoms with Crippen LogP contribution in [0.5, 0.6) is 0 Å². The molecule has 1 aromatic heterocycles. The second-order valence-electron chi connectivity index (χ2n) is 4.99. The van der Waals surface area contributed by atoms with Gasteiger partial charge in [0.15, 0.2) is 0 Å². The molecule has 0 aliphatic rings. The van der Waals surface area contributed by atoms with Crippen LogP contribution in [0, 0.1) is 5.82 Å². The van der Waals surface area contributed by atoms with Gasteiger partial charge in [0.05, 0.1) is 27.8 Å². The third-order valence-electron chi connectivity index (χ3n) is 3.31. The summed E-state index contributed by atoms with van der Waals surface area (Å²) in [5, 5.41) is 4.07. The Morgan fingerprint density at radius 3 is 2.58 bits per heavy atom. The van der Waals surface area contributed by atoms with Gasteiger partial charge in [-0.25, -0.2) is 22.2 Å². The summed E-state index contributed by atoms with van der Waals surface area (Å²) in [4.78, 5) is -0.101. The van der Waals surface area contributed by atoms with Gasteiger partial charge in [0.25, 0.3) is 0 Å². The molecule has 5 nitrogen and oxygen atoms in total. The molecule has 0 saturated heterocycles. The van der Waals surface area contributed by atoms with Crippen molar-refractivity contribution in [2.45, 2.75) is 11.4 Å².